The first-order valence-electron chi connectivity index (χ1n) is 9.77. The number of thiophene rings is 1. The molecular weight excluding hydrogens is 436 g/mol. The summed E-state index contributed by atoms with van der Waals surface area (Å²) >= 11 is 4.78. The summed E-state index contributed by atoms with van der Waals surface area (Å²) in [6.45, 7) is 4.55. The fraction of sp³-hybridized carbons (Fsp3) is 0.381. The highest BCUT2D eigenvalue weighted by atomic mass is 32.2. The number of nitrogens with zero attached hydrogens (tertiary/aromatic N) is 3. The number of nitrogens with one attached hydrogen (secondary N) is 1. The molecule has 9 heteroatoms. The molecule has 1 aromatic carbocycles. The van der Waals surface area contributed by atoms with E-state index in [0.29, 0.717) is 12.4 Å². The lowest BCUT2D eigenvalue weighted by Gasteiger charge is -2.22. The average molecular weight is 461 g/mol. The van der Waals surface area contributed by atoms with Crippen molar-refractivity contribution in [2.45, 2.75) is 30.1 Å². The minimum Gasteiger partial charge on any atom is -0.494 e. The Morgan fingerprint density at radius 2 is 2.10 bits per heavy atom. The molecule has 0 radical (unpaired) electrons. The van der Waals surface area contributed by atoms with Crippen LogP contribution in [0.1, 0.15) is 17.4 Å². The van der Waals surface area contributed by atoms with Gasteiger partial charge in [0.15, 0.2) is 5.16 Å². The van der Waals surface area contributed by atoms with Crippen LogP contribution in [-0.2, 0) is 17.8 Å². The van der Waals surface area contributed by atoms with Gasteiger partial charge in [-0.1, -0.05) is 23.5 Å². The number of rotatable bonds is 7. The fourth-order valence-electron chi connectivity index (χ4n) is 3.40. The molecule has 0 unspecified atom stereocenters. The monoisotopic (exact) mass is 460 g/mol. The lowest BCUT2D eigenvalue weighted by molar-refractivity contribution is -0.113. The van der Waals surface area contributed by atoms with Gasteiger partial charge in [0.1, 0.15) is 15.6 Å². The molecule has 30 heavy (non-hydrogen) atoms. The van der Waals surface area contributed by atoms with Gasteiger partial charge in [0, 0.05) is 29.0 Å². The van der Waals surface area contributed by atoms with Crippen LogP contribution in [0.2, 0.25) is 0 Å². The Bertz CT molecular complexity index is 1050. The maximum absolute atomic E-state index is 12.5. The molecule has 0 bridgehead atoms. The van der Waals surface area contributed by atoms with E-state index in [2.05, 4.69) is 17.3 Å². The molecule has 6 nitrogen and oxygen atoms in total. The topological polar surface area (TPSA) is 67.3 Å². The average Bonchev–Trinajstić information content (AvgIpc) is 3.10. The Labute approximate surface area is 188 Å². The molecule has 0 spiro atoms. The molecule has 1 aliphatic heterocycles. The number of carbonyl (C=O) groups is 1. The highest BCUT2D eigenvalue weighted by molar-refractivity contribution is 8.00. The van der Waals surface area contributed by atoms with Crippen LogP contribution in [0.25, 0.3) is 10.2 Å². The number of amides is 1. The number of anilines is 1. The van der Waals surface area contributed by atoms with E-state index in [-0.39, 0.29) is 5.91 Å². The van der Waals surface area contributed by atoms with Gasteiger partial charge in [-0.3, -0.25) is 4.79 Å². The van der Waals surface area contributed by atoms with Crippen molar-refractivity contribution >= 4 is 56.7 Å². The molecule has 3 heterocycles. The Morgan fingerprint density at radius 1 is 1.30 bits per heavy atom. The second kappa shape index (κ2) is 9.55. The summed E-state index contributed by atoms with van der Waals surface area (Å²) in [5.74, 6) is 1.05. The van der Waals surface area contributed by atoms with Crippen molar-refractivity contribution in [2.24, 2.45) is 0 Å². The van der Waals surface area contributed by atoms with Gasteiger partial charge in [-0.05, 0) is 56.5 Å². The van der Waals surface area contributed by atoms with Gasteiger partial charge < -0.3 is 15.0 Å². The summed E-state index contributed by atoms with van der Waals surface area (Å²) in [5.41, 5.74) is 2.12. The van der Waals surface area contributed by atoms with Crippen LogP contribution in [-0.4, -0.2) is 53.0 Å². The van der Waals surface area contributed by atoms with Crippen LogP contribution in [0.4, 0.5) is 5.69 Å². The maximum atomic E-state index is 12.5. The molecule has 4 rings (SSSR count). The van der Waals surface area contributed by atoms with E-state index < -0.39 is 0 Å². The number of likely N-dealkylation sites (N-methyl/N-ethyl adjacent to an activating group) is 1. The fourth-order valence-corrected chi connectivity index (χ4v) is 6.10. The Morgan fingerprint density at radius 3 is 2.83 bits per heavy atom. The van der Waals surface area contributed by atoms with E-state index in [0.717, 1.165) is 51.3 Å². The summed E-state index contributed by atoms with van der Waals surface area (Å²) in [5, 5.41) is 5.75. The van der Waals surface area contributed by atoms with Gasteiger partial charge in [-0.25, -0.2) is 9.97 Å². The number of fused-ring (bicyclic) bond motifs is 3. The van der Waals surface area contributed by atoms with Crippen molar-refractivity contribution in [3.63, 3.8) is 0 Å². The highest BCUT2D eigenvalue weighted by Crippen LogP contribution is 2.39. The maximum Gasteiger partial charge on any atom is 0.234 e. The molecule has 158 valence electrons. The molecule has 0 saturated carbocycles. The SMILES string of the molecule is CCOc1ccc(NC(=O)CSc2nc(SC)nc3sc4c(c23)CCN(C)C4)cc1. The van der Waals surface area contributed by atoms with Crippen LogP contribution in [0.5, 0.6) is 5.75 Å². The van der Waals surface area contributed by atoms with Gasteiger partial charge in [-0.15, -0.1) is 11.3 Å². The quantitative estimate of drug-likeness (QED) is 0.316. The molecule has 1 N–H and O–H groups in total. The van der Waals surface area contributed by atoms with Gasteiger partial charge in [0.05, 0.1) is 12.4 Å². The van der Waals surface area contributed by atoms with Crippen LogP contribution in [0, 0.1) is 0 Å². The second-order valence-electron chi connectivity index (χ2n) is 6.98. The van der Waals surface area contributed by atoms with E-state index >= 15 is 0 Å². The molecule has 1 aliphatic rings. The van der Waals surface area contributed by atoms with Gasteiger partial charge in [0.2, 0.25) is 5.91 Å². The van der Waals surface area contributed by atoms with Gasteiger partial charge in [0.25, 0.3) is 0 Å². The van der Waals surface area contributed by atoms with E-state index in [1.54, 1.807) is 11.3 Å². The van der Waals surface area contributed by atoms with Gasteiger partial charge in [-0.2, -0.15) is 0 Å². The van der Waals surface area contributed by atoms with Crippen LogP contribution in [0.3, 0.4) is 0 Å². The van der Waals surface area contributed by atoms with Crippen molar-refractivity contribution in [2.75, 3.05) is 37.5 Å². The number of benzene rings is 1. The molecule has 1 amide bonds. The summed E-state index contributed by atoms with van der Waals surface area (Å²) in [6, 6.07) is 7.43. The first-order valence-corrected chi connectivity index (χ1v) is 12.8. The Hall–Kier alpha value is -1.81. The Balaban J connectivity index is 1.50. The number of ether oxygens (including phenoxy) is 1. The van der Waals surface area contributed by atoms with Crippen LogP contribution in [0.15, 0.2) is 34.4 Å². The van der Waals surface area contributed by atoms with Crippen LogP contribution < -0.4 is 10.1 Å². The molecule has 2 aromatic heterocycles. The third kappa shape index (κ3) is 4.74. The van der Waals surface area contributed by atoms with Crippen molar-refractivity contribution in [3.8, 4) is 5.75 Å². The van der Waals surface area contributed by atoms with Crippen molar-refractivity contribution in [3.05, 3.63) is 34.7 Å². The number of aromatic nitrogens is 2. The molecule has 0 atom stereocenters. The van der Waals surface area contributed by atoms with E-state index in [4.69, 9.17) is 14.7 Å². The first kappa shape index (κ1) is 21.4. The van der Waals surface area contributed by atoms with E-state index in [1.807, 2.05) is 37.4 Å². The predicted octanol–water partition coefficient (Wildman–Crippen LogP) is 4.53. The molecule has 0 aliphatic carbocycles. The first-order chi connectivity index (χ1) is 14.6. The van der Waals surface area contributed by atoms with E-state index in [1.165, 1.54) is 34.0 Å². The van der Waals surface area contributed by atoms with Gasteiger partial charge >= 0.3 is 0 Å². The van der Waals surface area contributed by atoms with E-state index in [9.17, 15) is 4.79 Å². The zero-order chi connectivity index (χ0) is 21.1. The number of hydrogen-bond donors (Lipinski definition) is 1. The lowest BCUT2D eigenvalue weighted by Crippen LogP contribution is -2.25. The Kier molecular flexibility index (Phi) is 6.82. The second-order valence-corrected chi connectivity index (χ2v) is 9.80. The number of thioether (sulfide) groups is 2. The normalized spacial score (nSPS) is 14.0. The summed E-state index contributed by atoms with van der Waals surface area (Å²) in [6.07, 6.45) is 2.98. The molecular formula is C21H24N4O2S3. The predicted molar refractivity (Wildman–Crippen MR) is 126 cm³/mol. The lowest BCUT2D eigenvalue weighted by atomic mass is 10.1. The smallest absolute Gasteiger partial charge is 0.234 e. The minimum absolute atomic E-state index is 0.0505. The summed E-state index contributed by atoms with van der Waals surface area (Å²) in [7, 11) is 2.15. The molecule has 0 saturated heterocycles. The standard InChI is InChI=1S/C21H24N4O2S3/c1-4-27-14-7-5-13(6-8-14)22-17(26)12-29-19-18-15-9-10-25(2)11-16(15)30-20(18)24-21(23-19)28-3/h5-8H,4,9-12H2,1-3H3,(H,22,26). The zero-order valence-corrected chi connectivity index (χ0v) is 19.7. The highest BCUT2D eigenvalue weighted by Gasteiger charge is 2.23. The summed E-state index contributed by atoms with van der Waals surface area (Å²) < 4.78 is 5.44. The number of carbonyl (C=O) groups excluding carboxylic acids is 1. The van der Waals surface area contributed by atoms with Crippen molar-refractivity contribution in [1.29, 1.82) is 0 Å². The minimum atomic E-state index is -0.0505. The summed E-state index contributed by atoms with van der Waals surface area (Å²) in [4.78, 5) is 26.7. The van der Waals surface area contributed by atoms with Crippen molar-refractivity contribution < 1.29 is 9.53 Å². The van der Waals surface area contributed by atoms with Crippen LogP contribution >= 0.6 is 34.9 Å². The molecule has 3 aromatic rings. The molecule has 0 fully saturated rings. The zero-order valence-electron chi connectivity index (χ0n) is 17.2. The van der Waals surface area contributed by atoms with Crippen molar-refractivity contribution in [1.82, 2.24) is 14.9 Å². The third-order valence-electron chi connectivity index (χ3n) is 4.81. The third-order valence-corrected chi connectivity index (χ3v) is 7.44. The largest absolute Gasteiger partial charge is 0.494 e. The number of hydrogen-bond acceptors (Lipinski definition) is 8.